The lowest BCUT2D eigenvalue weighted by molar-refractivity contribution is -0.384. The van der Waals surface area contributed by atoms with Gasteiger partial charge >= 0.3 is 12.3 Å². The number of amides is 1. The van der Waals surface area contributed by atoms with Crippen molar-refractivity contribution in [1.29, 1.82) is 0 Å². The van der Waals surface area contributed by atoms with Crippen LogP contribution in [0, 0.1) is 15.9 Å². The molecular weight excluding hydrogens is 291 g/mol. The summed E-state index contributed by atoms with van der Waals surface area (Å²) in [6.07, 6.45) is -4.00. The van der Waals surface area contributed by atoms with Gasteiger partial charge in [-0.2, -0.15) is 8.78 Å². The molecule has 0 unspecified atom stereocenters. The van der Waals surface area contributed by atoms with E-state index in [0.29, 0.717) is 12.1 Å². The maximum Gasteiger partial charge on any atom is 0.324 e. The molecule has 1 N–H and O–H groups in total. The van der Waals surface area contributed by atoms with Crippen molar-refractivity contribution in [2.45, 2.75) is 12.3 Å². The first kappa shape index (κ1) is 15.8. The van der Waals surface area contributed by atoms with Crippen molar-refractivity contribution < 1.29 is 31.7 Å². The molecule has 1 aromatic carbocycles. The van der Waals surface area contributed by atoms with Crippen LogP contribution in [0.15, 0.2) is 18.2 Å². The predicted octanol–water partition coefficient (Wildman–Crippen LogP) is 2.36. The number of hydrogen-bond acceptors (Lipinski definition) is 3. The highest BCUT2D eigenvalue weighted by atomic mass is 19.3. The number of benzene rings is 1. The van der Waals surface area contributed by atoms with E-state index in [1.165, 1.54) is 5.32 Å². The van der Waals surface area contributed by atoms with Crippen LogP contribution in [0.2, 0.25) is 0 Å². The maximum atomic E-state index is 13.2. The largest absolute Gasteiger partial charge is 0.346 e. The molecule has 5 nitrogen and oxygen atoms in total. The Morgan fingerprint density at radius 3 is 2.50 bits per heavy atom. The van der Waals surface area contributed by atoms with Crippen LogP contribution in [0.4, 0.5) is 27.6 Å². The van der Waals surface area contributed by atoms with Crippen molar-refractivity contribution in [2.24, 2.45) is 0 Å². The van der Waals surface area contributed by atoms with E-state index in [2.05, 4.69) is 0 Å². The first-order valence-electron chi connectivity index (χ1n) is 5.03. The van der Waals surface area contributed by atoms with Gasteiger partial charge in [0.05, 0.1) is 17.0 Å². The molecule has 0 spiro atoms. The van der Waals surface area contributed by atoms with Crippen molar-refractivity contribution >= 4 is 11.6 Å². The van der Waals surface area contributed by atoms with Crippen molar-refractivity contribution in [2.75, 3.05) is 6.54 Å². The number of halogens is 5. The van der Waals surface area contributed by atoms with Crippen LogP contribution in [0.1, 0.15) is 10.4 Å². The molecule has 1 rings (SSSR count). The van der Waals surface area contributed by atoms with E-state index < -0.39 is 46.8 Å². The summed E-state index contributed by atoms with van der Waals surface area (Å²) in [7, 11) is 0. The van der Waals surface area contributed by atoms with E-state index >= 15 is 0 Å². The number of nitrogens with zero attached hydrogens (tertiary/aromatic N) is 1. The molecule has 0 atom stereocenters. The van der Waals surface area contributed by atoms with Gasteiger partial charge in [-0.1, -0.05) is 0 Å². The van der Waals surface area contributed by atoms with Gasteiger partial charge in [0.2, 0.25) is 0 Å². The van der Waals surface area contributed by atoms with E-state index in [4.69, 9.17) is 0 Å². The summed E-state index contributed by atoms with van der Waals surface area (Å²) < 4.78 is 62.1. The number of rotatable bonds is 5. The summed E-state index contributed by atoms with van der Waals surface area (Å²) in [5, 5.41) is 11.8. The smallest absolute Gasteiger partial charge is 0.324 e. The van der Waals surface area contributed by atoms with Gasteiger partial charge in [-0.3, -0.25) is 14.9 Å². The third kappa shape index (κ3) is 3.62. The van der Waals surface area contributed by atoms with Gasteiger partial charge in [0.15, 0.2) is 0 Å². The number of alkyl halides is 4. The monoisotopic (exact) mass is 298 g/mol. The van der Waals surface area contributed by atoms with Gasteiger partial charge in [0.1, 0.15) is 5.82 Å². The van der Waals surface area contributed by atoms with Crippen molar-refractivity contribution in [1.82, 2.24) is 5.32 Å². The van der Waals surface area contributed by atoms with Crippen LogP contribution in [0.5, 0.6) is 0 Å². The first-order chi connectivity index (χ1) is 9.15. The second-order valence-electron chi connectivity index (χ2n) is 3.67. The predicted molar refractivity (Wildman–Crippen MR) is 56.3 cm³/mol. The topological polar surface area (TPSA) is 72.2 Å². The van der Waals surface area contributed by atoms with E-state index in [1.54, 1.807) is 0 Å². The fourth-order valence-corrected chi connectivity index (χ4v) is 1.17. The molecule has 20 heavy (non-hydrogen) atoms. The number of carbonyl (C=O) groups is 1. The molecule has 0 aromatic heterocycles. The van der Waals surface area contributed by atoms with Crippen LogP contribution in [0.25, 0.3) is 0 Å². The lowest BCUT2D eigenvalue weighted by Gasteiger charge is -2.15. The fraction of sp³-hybridized carbons (Fsp3) is 0.300. The molecule has 0 fully saturated rings. The van der Waals surface area contributed by atoms with Crippen molar-refractivity contribution in [3.63, 3.8) is 0 Å². The summed E-state index contributed by atoms with van der Waals surface area (Å²) >= 11 is 0. The molecule has 0 saturated heterocycles. The van der Waals surface area contributed by atoms with E-state index in [1.807, 2.05) is 0 Å². The second-order valence-corrected chi connectivity index (χ2v) is 3.67. The summed E-state index contributed by atoms with van der Waals surface area (Å²) in [6, 6.07) is 1.88. The van der Waals surface area contributed by atoms with Crippen LogP contribution in [-0.4, -0.2) is 29.7 Å². The molecule has 0 heterocycles. The van der Waals surface area contributed by atoms with E-state index in [0.717, 1.165) is 6.07 Å². The fourth-order valence-electron chi connectivity index (χ4n) is 1.17. The highest BCUT2D eigenvalue weighted by Crippen LogP contribution is 2.22. The molecule has 0 aliphatic rings. The Morgan fingerprint density at radius 1 is 1.40 bits per heavy atom. The minimum absolute atomic E-state index is 0.519. The van der Waals surface area contributed by atoms with Crippen LogP contribution < -0.4 is 5.32 Å². The number of carbonyl (C=O) groups excluding carboxylic acids is 1. The van der Waals surface area contributed by atoms with Crippen LogP contribution in [0.3, 0.4) is 0 Å². The second kappa shape index (κ2) is 5.80. The number of nitro groups is 1. The number of nitro benzene ring substituents is 1. The SMILES string of the molecule is O=C(NCC(F)(F)C(F)F)c1cc([N+](=O)[O-])ccc1F. The summed E-state index contributed by atoms with van der Waals surface area (Å²) in [5.74, 6) is -7.13. The van der Waals surface area contributed by atoms with Gasteiger partial charge in [-0.25, -0.2) is 13.2 Å². The third-order valence-electron chi connectivity index (χ3n) is 2.21. The standard InChI is InChI=1S/C10H7F5N2O3/c11-7-2-1-5(17(19)20)3-6(7)8(18)16-4-10(14,15)9(12)13/h1-3,9H,4H2,(H,16,18). The van der Waals surface area contributed by atoms with Crippen molar-refractivity contribution in [3.8, 4) is 0 Å². The van der Waals surface area contributed by atoms with Gasteiger partial charge in [0, 0.05) is 12.1 Å². The van der Waals surface area contributed by atoms with Crippen LogP contribution in [-0.2, 0) is 0 Å². The molecular formula is C10H7F5N2O3. The minimum atomic E-state index is -4.48. The highest BCUT2D eigenvalue weighted by molar-refractivity contribution is 5.95. The molecule has 110 valence electrons. The minimum Gasteiger partial charge on any atom is -0.346 e. The Morgan fingerprint density at radius 2 is 2.00 bits per heavy atom. The third-order valence-corrected chi connectivity index (χ3v) is 2.21. The molecule has 0 radical (unpaired) electrons. The Labute approximate surface area is 108 Å². The molecule has 10 heteroatoms. The zero-order valence-corrected chi connectivity index (χ0v) is 9.58. The number of hydrogen-bond donors (Lipinski definition) is 1. The normalized spacial score (nSPS) is 11.5. The average molecular weight is 298 g/mol. The zero-order valence-electron chi connectivity index (χ0n) is 9.58. The van der Waals surface area contributed by atoms with Gasteiger partial charge in [-0.05, 0) is 6.07 Å². The Bertz CT molecular complexity index is 536. The van der Waals surface area contributed by atoms with Crippen LogP contribution >= 0.6 is 0 Å². The Balaban J connectivity index is 2.88. The molecule has 1 amide bonds. The number of non-ortho nitro benzene ring substituents is 1. The highest BCUT2D eigenvalue weighted by Gasteiger charge is 2.41. The summed E-state index contributed by atoms with van der Waals surface area (Å²) in [5.41, 5.74) is -1.53. The van der Waals surface area contributed by atoms with E-state index in [9.17, 15) is 36.9 Å². The molecule has 0 saturated carbocycles. The maximum absolute atomic E-state index is 13.2. The summed E-state index contributed by atoms with van der Waals surface area (Å²) in [4.78, 5) is 20.9. The Hall–Kier alpha value is -2.26. The lowest BCUT2D eigenvalue weighted by Crippen LogP contribution is -2.41. The average Bonchev–Trinajstić information content (AvgIpc) is 2.36. The van der Waals surface area contributed by atoms with E-state index in [-0.39, 0.29) is 0 Å². The van der Waals surface area contributed by atoms with Gasteiger partial charge < -0.3 is 5.32 Å². The van der Waals surface area contributed by atoms with Crippen molar-refractivity contribution in [3.05, 3.63) is 39.7 Å². The summed E-state index contributed by atoms with van der Waals surface area (Å²) in [6.45, 7) is -1.72. The molecule has 1 aromatic rings. The van der Waals surface area contributed by atoms with Gasteiger partial charge in [0.25, 0.3) is 11.6 Å². The zero-order chi connectivity index (χ0) is 15.5. The quantitative estimate of drug-likeness (QED) is 0.515. The first-order valence-corrected chi connectivity index (χ1v) is 5.03. The molecule has 0 aliphatic heterocycles. The lowest BCUT2D eigenvalue weighted by atomic mass is 10.1. The molecule has 0 bridgehead atoms. The van der Waals surface area contributed by atoms with Gasteiger partial charge in [-0.15, -0.1) is 0 Å². The number of nitrogens with one attached hydrogen (secondary N) is 1. The molecule has 0 aliphatic carbocycles. The Kier molecular flexibility index (Phi) is 4.58.